The van der Waals surface area contributed by atoms with Gasteiger partial charge in [-0.3, -0.25) is 4.90 Å². The highest BCUT2D eigenvalue weighted by atomic mass is 16.6. The highest BCUT2D eigenvalue weighted by molar-refractivity contribution is 5.87. The zero-order valence-corrected chi connectivity index (χ0v) is 14.5. The first-order valence-corrected chi connectivity index (χ1v) is 7.75. The number of carbonyl (C=O) groups excluding carboxylic acids is 1. The number of aliphatic hydroxyl groups is 1. The van der Waals surface area contributed by atoms with E-state index < -0.39 is 17.2 Å². The monoisotopic (exact) mass is 315 g/mol. The van der Waals surface area contributed by atoms with E-state index in [0.29, 0.717) is 0 Å². The van der Waals surface area contributed by atoms with Crippen LogP contribution in [0.1, 0.15) is 33.3 Å². The van der Waals surface area contributed by atoms with Gasteiger partial charge in [0.1, 0.15) is 5.60 Å². The van der Waals surface area contributed by atoms with Gasteiger partial charge in [0.15, 0.2) is 0 Å². The molecule has 0 aliphatic heterocycles. The quantitative estimate of drug-likeness (QED) is 0.934. The summed E-state index contributed by atoms with van der Waals surface area (Å²) in [5.74, 6) is 0. The average molecular weight is 315 g/mol. The van der Waals surface area contributed by atoms with Crippen molar-refractivity contribution in [2.45, 2.75) is 38.8 Å². The Balaban J connectivity index is 2.49. The molecule has 4 nitrogen and oxygen atoms in total. The van der Waals surface area contributed by atoms with E-state index in [4.69, 9.17) is 4.74 Å². The van der Waals surface area contributed by atoms with Gasteiger partial charge in [-0.25, -0.2) is 4.79 Å². The predicted molar refractivity (Wildman–Crippen MR) is 92.4 cm³/mol. The molecule has 0 aliphatic rings. The van der Waals surface area contributed by atoms with Gasteiger partial charge < -0.3 is 9.84 Å². The highest BCUT2D eigenvalue weighted by Crippen LogP contribution is 2.33. The van der Waals surface area contributed by atoms with E-state index in [9.17, 15) is 9.90 Å². The Labute approximate surface area is 137 Å². The number of aliphatic hydroxyl groups excluding tert-OH is 1. The molecule has 0 radical (unpaired) electrons. The molecule has 0 spiro atoms. The molecule has 1 amide bonds. The molecule has 2 aromatic carbocycles. The summed E-state index contributed by atoms with van der Waals surface area (Å²) in [5, 5.41) is 12.2. The largest absolute Gasteiger partial charge is 0.444 e. The van der Waals surface area contributed by atoms with Gasteiger partial charge in [-0.05, 0) is 44.0 Å². The number of hydrogen-bond donors (Lipinski definition) is 1. The Hall–Kier alpha value is -2.07. The van der Waals surface area contributed by atoms with Crippen LogP contribution in [0.3, 0.4) is 0 Å². The Morgan fingerprint density at radius 1 is 1.09 bits per heavy atom. The van der Waals surface area contributed by atoms with E-state index in [2.05, 4.69) is 0 Å². The van der Waals surface area contributed by atoms with Gasteiger partial charge in [0.25, 0.3) is 0 Å². The molecule has 0 heterocycles. The fraction of sp³-hybridized carbons (Fsp3) is 0.421. The van der Waals surface area contributed by atoms with E-state index in [-0.39, 0.29) is 6.61 Å². The molecule has 0 saturated heterocycles. The predicted octanol–water partition coefficient (Wildman–Crippen LogP) is 3.91. The number of fused-ring (bicyclic) bond motifs is 1. The summed E-state index contributed by atoms with van der Waals surface area (Å²) in [6.07, 6.45) is -0.456. The Kier molecular flexibility index (Phi) is 4.66. The molecular formula is C19H25NO3. The molecule has 23 heavy (non-hydrogen) atoms. The summed E-state index contributed by atoms with van der Waals surface area (Å²) >= 11 is 0. The molecule has 0 aromatic heterocycles. The standard InChI is InChI=1S/C19H25NO3/c1-18(2,3)23-17(22)20(5)19(4,13-21)16-12-8-10-14-9-6-7-11-15(14)16/h6-12,21H,13H2,1-5H3. The average Bonchev–Trinajstić information content (AvgIpc) is 2.51. The molecule has 2 rings (SSSR count). The lowest BCUT2D eigenvalue weighted by Gasteiger charge is -2.39. The number of benzene rings is 2. The number of amides is 1. The van der Waals surface area contributed by atoms with Crippen molar-refractivity contribution in [1.29, 1.82) is 0 Å². The Bertz CT molecular complexity index is 700. The van der Waals surface area contributed by atoms with Crippen molar-refractivity contribution in [1.82, 2.24) is 4.90 Å². The van der Waals surface area contributed by atoms with Crippen LogP contribution in [0.4, 0.5) is 4.79 Å². The van der Waals surface area contributed by atoms with Gasteiger partial charge in [-0.15, -0.1) is 0 Å². The highest BCUT2D eigenvalue weighted by Gasteiger charge is 2.37. The number of ether oxygens (including phenoxy) is 1. The molecular weight excluding hydrogens is 290 g/mol. The number of hydrogen-bond acceptors (Lipinski definition) is 3. The minimum Gasteiger partial charge on any atom is -0.444 e. The smallest absolute Gasteiger partial charge is 0.410 e. The minimum atomic E-state index is -0.872. The van der Waals surface area contributed by atoms with Crippen LogP contribution in [-0.4, -0.2) is 35.4 Å². The first kappa shape index (κ1) is 17.3. The number of nitrogens with zero attached hydrogens (tertiary/aromatic N) is 1. The Morgan fingerprint density at radius 3 is 2.30 bits per heavy atom. The summed E-state index contributed by atoms with van der Waals surface area (Å²) in [7, 11) is 1.66. The molecule has 0 aliphatic carbocycles. The maximum atomic E-state index is 12.5. The third-order valence-electron chi connectivity index (χ3n) is 4.09. The third-order valence-corrected chi connectivity index (χ3v) is 4.09. The van der Waals surface area contributed by atoms with Crippen LogP contribution in [0, 0.1) is 0 Å². The fourth-order valence-electron chi connectivity index (χ4n) is 2.60. The van der Waals surface area contributed by atoms with E-state index in [1.54, 1.807) is 7.05 Å². The Morgan fingerprint density at radius 2 is 1.70 bits per heavy atom. The zero-order chi connectivity index (χ0) is 17.3. The molecule has 1 unspecified atom stereocenters. The SMILES string of the molecule is CN(C(=O)OC(C)(C)C)C(C)(CO)c1cccc2ccccc12. The maximum absolute atomic E-state index is 12.5. The zero-order valence-electron chi connectivity index (χ0n) is 14.5. The van der Waals surface area contributed by atoms with Gasteiger partial charge in [0.05, 0.1) is 12.1 Å². The second-order valence-corrected chi connectivity index (χ2v) is 7.00. The van der Waals surface area contributed by atoms with E-state index >= 15 is 0 Å². The van der Waals surface area contributed by atoms with Crippen molar-refractivity contribution in [3.63, 3.8) is 0 Å². The second kappa shape index (κ2) is 6.20. The molecule has 4 heteroatoms. The van der Waals surface area contributed by atoms with E-state index in [1.807, 2.05) is 70.2 Å². The lowest BCUT2D eigenvalue weighted by atomic mass is 9.87. The topological polar surface area (TPSA) is 49.8 Å². The van der Waals surface area contributed by atoms with E-state index in [0.717, 1.165) is 16.3 Å². The van der Waals surface area contributed by atoms with Crippen LogP contribution < -0.4 is 0 Å². The number of carbonyl (C=O) groups is 1. The van der Waals surface area contributed by atoms with Gasteiger partial charge in [0.2, 0.25) is 0 Å². The van der Waals surface area contributed by atoms with Crippen molar-refractivity contribution in [3.8, 4) is 0 Å². The minimum absolute atomic E-state index is 0.198. The summed E-state index contributed by atoms with van der Waals surface area (Å²) < 4.78 is 5.46. The lowest BCUT2D eigenvalue weighted by Crippen LogP contribution is -2.49. The van der Waals surface area contributed by atoms with Crippen LogP contribution >= 0.6 is 0 Å². The summed E-state index contributed by atoms with van der Waals surface area (Å²) in [5.41, 5.74) is -0.560. The molecule has 0 bridgehead atoms. The third kappa shape index (κ3) is 3.48. The van der Waals surface area contributed by atoms with E-state index in [1.165, 1.54) is 4.90 Å². The number of rotatable bonds is 3. The van der Waals surface area contributed by atoms with Crippen LogP contribution in [0.15, 0.2) is 42.5 Å². The molecule has 2 aromatic rings. The molecule has 1 N–H and O–H groups in total. The molecule has 0 saturated carbocycles. The van der Waals surface area contributed by atoms with Gasteiger partial charge >= 0.3 is 6.09 Å². The summed E-state index contributed by atoms with van der Waals surface area (Å²) in [4.78, 5) is 13.9. The summed E-state index contributed by atoms with van der Waals surface area (Å²) in [6, 6.07) is 13.8. The normalized spacial score (nSPS) is 14.3. The van der Waals surface area contributed by atoms with Gasteiger partial charge in [-0.2, -0.15) is 0 Å². The summed E-state index contributed by atoms with van der Waals surface area (Å²) in [6.45, 7) is 7.13. The van der Waals surface area contributed by atoms with Crippen LogP contribution in [0.25, 0.3) is 10.8 Å². The molecule has 1 atom stereocenters. The van der Waals surface area contributed by atoms with Crippen molar-refractivity contribution in [2.24, 2.45) is 0 Å². The second-order valence-electron chi connectivity index (χ2n) is 7.00. The van der Waals surface area contributed by atoms with Gasteiger partial charge in [-0.1, -0.05) is 42.5 Å². The van der Waals surface area contributed by atoms with Crippen molar-refractivity contribution >= 4 is 16.9 Å². The first-order valence-electron chi connectivity index (χ1n) is 7.75. The molecule has 0 fully saturated rings. The first-order chi connectivity index (χ1) is 10.7. The van der Waals surface area contributed by atoms with Crippen molar-refractivity contribution in [3.05, 3.63) is 48.0 Å². The maximum Gasteiger partial charge on any atom is 0.410 e. The fourth-order valence-corrected chi connectivity index (χ4v) is 2.60. The van der Waals surface area contributed by atoms with Crippen LogP contribution in [0.2, 0.25) is 0 Å². The van der Waals surface area contributed by atoms with Crippen molar-refractivity contribution in [2.75, 3.05) is 13.7 Å². The lowest BCUT2D eigenvalue weighted by molar-refractivity contribution is -0.00562. The van der Waals surface area contributed by atoms with Crippen molar-refractivity contribution < 1.29 is 14.6 Å². The number of likely N-dealkylation sites (N-methyl/N-ethyl adjacent to an activating group) is 1. The van der Waals surface area contributed by atoms with Crippen LogP contribution in [-0.2, 0) is 10.3 Å². The molecule has 124 valence electrons. The van der Waals surface area contributed by atoms with Crippen LogP contribution in [0.5, 0.6) is 0 Å². The van der Waals surface area contributed by atoms with Gasteiger partial charge in [0, 0.05) is 7.05 Å².